The second kappa shape index (κ2) is 6.35. The van der Waals surface area contributed by atoms with Gasteiger partial charge in [0.1, 0.15) is 0 Å². The second-order valence-corrected chi connectivity index (χ2v) is 6.21. The number of amides is 1. The summed E-state index contributed by atoms with van der Waals surface area (Å²) in [5, 5.41) is 18.8. The minimum atomic E-state index is -0.611. The molecular weight excluding hydrogens is 268 g/mol. The maximum absolute atomic E-state index is 12.4. The lowest BCUT2D eigenvalue weighted by atomic mass is 9.95. The summed E-state index contributed by atoms with van der Waals surface area (Å²) < 4.78 is 0. The van der Waals surface area contributed by atoms with Crippen molar-refractivity contribution in [3.05, 3.63) is 23.8 Å². The Morgan fingerprint density at radius 3 is 2.67 bits per heavy atom. The Hall–Kier alpha value is -1.75. The minimum absolute atomic E-state index is 0.0364. The lowest BCUT2D eigenvalue weighted by Gasteiger charge is -2.22. The lowest BCUT2D eigenvalue weighted by Crippen LogP contribution is -2.44. The van der Waals surface area contributed by atoms with E-state index in [0.717, 1.165) is 25.1 Å². The van der Waals surface area contributed by atoms with E-state index in [-0.39, 0.29) is 17.4 Å². The number of hydrogen-bond donors (Lipinski definition) is 3. The Morgan fingerprint density at radius 2 is 2.10 bits per heavy atom. The van der Waals surface area contributed by atoms with Gasteiger partial charge in [-0.1, -0.05) is 19.9 Å². The summed E-state index contributed by atoms with van der Waals surface area (Å²) in [7, 11) is 0. The van der Waals surface area contributed by atoms with Gasteiger partial charge in [-0.3, -0.25) is 4.79 Å². The number of hydrogen-bond acceptors (Lipinski definition) is 4. The SMILES string of the molecule is CC(C)C1CCN(C(=O)[C@@H](N)Cc2ccc(O)c(O)c2)C1. The molecule has 5 nitrogen and oxygen atoms in total. The third kappa shape index (κ3) is 3.67. The molecule has 0 aromatic heterocycles. The number of nitrogens with two attached hydrogens (primary N) is 1. The van der Waals surface area contributed by atoms with E-state index >= 15 is 0 Å². The van der Waals surface area contributed by atoms with Gasteiger partial charge in [-0.25, -0.2) is 0 Å². The maximum Gasteiger partial charge on any atom is 0.239 e. The summed E-state index contributed by atoms with van der Waals surface area (Å²) in [6, 6.07) is 3.92. The molecule has 2 rings (SSSR count). The van der Waals surface area contributed by atoms with Gasteiger partial charge in [0.05, 0.1) is 6.04 Å². The zero-order valence-corrected chi connectivity index (χ0v) is 12.6. The average Bonchev–Trinajstić information content (AvgIpc) is 2.92. The van der Waals surface area contributed by atoms with Crippen molar-refractivity contribution in [2.45, 2.75) is 32.7 Å². The first-order valence-corrected chi connectivity index (χ1v) is 7.43. The topological polar surface area (TPSA) is 86.8 Å². The number of carbonyl (C=O) groups excluding carboxylic acids is 1. The highest BCUT2D eigenvalue weighted by atomic mass is 16.3. The van der Waals surface area contributed by atoms with E-state index < -0.39 is 6.04 Å². The highest BCUT2D eigenvalue weighted by Crippen LogP contribution is 2.26. The predicted molar refractivity (Wildman–Crippen MR) is 81.0 cm³/mol. The molecule has 1 heterocycles. The van der Waals surface area contributed by atoms with Crippen molar-refractivity contribution in [3.63, 3.8) is 0 Å². The molecule has 1 aliphatic heterocycles. The fraction of sp³-hybridized carbons (Fsp3) is 0.562. The normalized spacial score (nSPS) is 20.0. The Labute approximate surface area is 125 Å². The van der Waals surface area contributed by atoms with Crippen molar-refractivity contribution in [2.75, 3.05) is 13.1 Å². The van der Waals surface area contributed by atoms with E-state index in [1.54, 1.807) is 6.07 Å². The van der Waals surface area contributed by atoms with Crippen molar-refractivity contribution in [3.8, 4) is 11.5 Å². The van der Waals surface area contributed by atoms with Crippen LogP contribution in [0.2, 0.25) is 0 Å². The zero-order chi connectivity index (χ0) is 15.6. The quantitative estimate of drug-likeness (QED) is 0.733. The summed E-state index contributed by atoms with van der Waals surface area (Å²) in [4.78, 5) is 14.2. The number of phenols is 2. The Bertz CT molecular complexity index is 516. The van der Waals surface area contributed by atoms with E-state index in [2.05, 4.69) is 13.8 Å². The highest BCUT2D eigenvalue weighted by molar-refractivity contribution is 5.82. The fourth-order valence-corrected chi connectivity index (χ4v) is 2.80. The summed E-state index contributed by atoms with van der Waals surface area (Å²) in [5.74, 6) is 0.740. The Morgan fingerprint density at radius 1 is 1.38 bits per heavy atom. The molecule has 1 fully saturated rings. The number of phenolic OH excluding ortho intramolecular Hbond substituents is 2. The summed E-state index contributed by atoms with van der Waals surface area (Å²) in [6.45, 7) is 5.91. The molecule has 0 spiro atoms. The molecule has 1 aromatic carbocycles. The molecule has 21 heavy (non-hydrogen) atoms. The molecular formula is C16H24N2O3. The molecule has 0 saturated carbocycles. The van der Waals surface area contributed by atoms with Crippen LogP contribution in [0.3, 0.4) is 0 Å². The van der Waals surface area contributed by atoms with Gasteiger partial charge in [0.25, 0.3) is 0 Å². The van der Waals surface area contributed by atoms with Gasteiger partial charge in [-0.15, -0.1) is 0 Å². The largest absolute Gasteiger partial charge is 0.504 e. The van der Waals surface area contributed by atoms with Gasteiger partial charge in [0.15, 0.2) is 11.5 Å². The lowest BCUT2D eigenvalue weighted by molar-refractivity contribution is -0.131. The van der Waals surface area contributed by atoms with Gasteiger partial charge >= 0.3 is 0 Å². The molecule has 1 unspecified atom stereocenters. The smallest absolute Gasteiger partial charge is 0.239 e. The van der Waals surface area contributed by atoms with Crippen LogP contribution in [0.4, 0.5) is 0 Å². The first kappa shape index (κ1) is 15.6. The number of benzene rings is 1. The first-order chi connectivity index (χ1) is 9.88. The molecule has 0 aliphatic carbocycles. The van der Waals surface area contributed by atoms with Crippen molar-refractivity contribution < 1.29 is 15.0 Å². The molecule has 4 N–H and O–H groups in total. The van der Waals surface area contributed by atoms with Gasteiger partial charge in [0, 0.05) is 13.1 Å². The van der Waals surface area contributed by atoms with Crippen molar-refractivity contribution in [2.24, 2.45) is 17.6 Å². The maximum atomic E-state index is 12.4. The third-order valence-corrected chi connectivity index (χ3v) is 4.29. The number of nitrogens with zero attached hydrogens (tertiary/aromatic N) is 1. The van der Waals surface area contributed by atoms with Crippen molar-refractivity contribution >= 4 is 5.91 Å². The van der Waals surface area contributed by atoms with Crippen molar-refractivity contribution in [1.82, 2.24) is 4.90 Å². The van der Waals surface area contributed by atoms with Crippen LogP contribution < -0.4 is 5.73 Å². The predicted octanol–water partition coefficient (Wildman–Crippen LogP) is 1.47. The molecule has 0 bridgehead atoms. The molecule has 1 aromatic rings. The van der Waals surface area contributed by atoms with E-state index in [1.807, 2.05) is 4.90 Å². The van der Waals surface area contributed by atoms with Crippen LogP contribution in [0.25, 0.3) is 0 Å². The number of carbonyl (C=O) groups is 1. The molecule has 0 radical (unpaired) electrons. The Balaban J connectivity index is 1.95. The number of likely N-dealkylation sites (tertiary alicyclic amines) is 1. The van der Waals surface area contributed by atoms with Crippen LogP contribution in [0.1, 0.15) is 25.8 Å². The van der Waals surface area contributed by atoms with E-state index in [0.29, 0.717) is 18.3 Å². The van der Waals surface area contributed by atoms with Gasteiger partial charge in [0.2, 0.25) is 5.91 Å². The summed E-state index contributed by atoms with van der Waals surface area (Å²) in [5.41, 5.74) is 6.74. The van der Waals surface area contributed by atoms with Crippen LogP contribution in [-0.2, 0) is 11.2 Å². The van der Waals surface area contributed by atoms with E-state index in [1.165, 1.54) is 12.1 Å². The van der Waals surface area contributed by atoms with E-state index in [4.69, 9.17) is 5.73 Å². The highest BCUT2D eigenvalue weighted by Gasteiger charge is 2.30. The molecule has 1 aliphatic rings. The molecule has 1 amide bonds. The van der Waals surface area contributed by atoms with Gasteiger partial charge < -0.3 is 20.8 Å². The van der Waals surface area contributed by atoms with Crippen LogP contribution in [0.15, 0.2) is 18.2 Å². The van der Waals surface area contributed by atoms with Crippen LogP contribution in [0, 0.1) is 11.8 Å². The monoisotopic (exact) mass is 292 g/mol. The van der Waals surface area contributed by atoms with Crippen molar-refractivity contribution in [1.29, 1.82) is 0 Å². The Kier molecular flexibility index (Phi) is 4.73. The van der Waals surface area contributed by atoms with Gasteiger partial charge in [-0.2, -0.15) is 0 Å². The minimum Gasteiger partial charge on any atom is -0.504 e. The first-order valence-electron chi connectivity index (χ1n) is 7.43. The second-order valence-electron chi connectivity index (χ2n) is 6.21. The van der Waals surface area contributed by atoms with Crippen LogP contribution in [0.5, 0.6) is 11.5 Å². The summed E-state index contributed by atoms with van der Waals surface area (Å²) in [6.07, 6.45) is 1.39. The molecule has 2 atom stereocenters. The number of aromatic hydroxyl groups is 2. The molecule has 5 heteroatoms. The van der Waals surface area contributed by atoms with E-state index in [9.17, 15) is 15.0 Å². The molecule has 1 saturated heterocycles. The third-order valence-electron chi connectivity index (χ3n) is 4.29. The number of rotatable bonds is 4. The average molecular weight is 292 g/mol. The standard InChI is InChI=1S/C16H24N2O3/c1-10(2)12-5-6-18(9-12)16(21)13(17)7-11-3-4-14(19)15(20)8-11/h3-4,8,10,12-13,19-20H,5-7,9,17H2,1-2H3/t12?,13-/m0/s1. The fourth-order valence-electron chi connectivity index (χ4n) is 2.80. The summed E-state index contributed by atoms with van der Waals surface area (Å²) >= 11 is 0. The zero-order valence-electron chi connectivity index (χ0n) is 12.6. The van der Waals surface area contributed by atoms with Gasteiger partial charge in [-0.05, 0) is 42.4 Å². The van der Waals surface area contributed by atoms with Crippen LogP contribution in [-0.4, -0.2) is 40.2 Å². The van der Waals surface area contributed by atoms with Crippen LogP contribution >= 0.6 is 0 Å². The molecule has 116 valence electrons.